The molecule has 5 rings (SSSR count). The number of pyridine rings is 1. The average molecular weight is 504 g/mol. The number of halogens is 1. The normalized spacial score (nSPS) is 17.9. The molecule has 0 saturated carbocycles. The summed E-state index contributed by atoms with van der Waals surface area (Å²) in [6, 6.07) is 15.4. The smallest absolute Gasteiger partial charge is 0.301 e. The molecule has 6 nitrogen and oxygen atoms in total. The van der Waals surface area contributed by atoms with E-state index in [4.69, 9.17) is 11.6 Å². The van der Waals surface area contributed by atoms with Crippen molar-refractivity contribution in [2.75, 3.05) is 4.90 Å². The van der Waals surface area contributed by atoms with Crippen LogP contribution in [-0.2, 0) is 15.0 Å². The number of anilines is 1. The summed E-state index contributed by atoms with van der Waals surface area (Å²) in [6.07, 6.45) is 3.05. The van der Waals surface area contributed by atoms with Crippen molar-refractivity contribution in [3.05, 3.63) is 94.3 Å². The van der Waals surface area contributed by atoms with E-state index in [1.54, 1.807) is 30.3 Å². The van der Waals surface area contributed by atoms with Crippen LogP contribution in [0, 0.1) is 0 Å². The summed E-state index contributed by atoms with van der Waals surface area (Å²) in [4.78, 5) is 36.6. The highest BCUT2D eigenvalue weighted by molar-refractivity contribution is 7.22. The molecule has 1 unspecified atom stereocenters. The van der Waals surface area contributed by atoms with E-state index in [0.29, 0.717) is 26.8 Å². The Labute approximate surface area is 211 Å². The van der Waals surface area contributed by atoms with Gasteiger partial charge in [-0.25, -0.2) is 4.98 Å². The predicted octanol–water partition coefficient (Wildman–Crippen LogP) is 6.27. The monoisotopic (exact) mass is 503 g/mol. The summed E-state index contributed by atoms with van der Waals surface area (Å²) < 4.78 is 0.797. The van der Waals surface area contributed by atoms with Crippen LogP contribution in [0.5, 0.6) is 0 Å². The molecule has 0 radical (unpaired) electrons. The number of amides is 1. The molecule has 176 valence electrons. The molecule has 8 heteroatoms. The van der Waals surface area contributed by atoms with E-state index in [1.165, 1.54) is 28.6 Å². The van der Waals surface area contributed by atoms with Crippen LogP contribution in [0.1, 0.15) is 43.5 Å². The minimum absolute atomic E-state index is 0.0157. The quantitative estimate of drug-likeness (QED) is 0.202. The van der Waals surface area contributed by atoms with Crippen molar-refractivity contribution >= 4 is 55.7 Å². The van der Waals surface area contributed by atoms with Crippen molar-refractivity contribution in [3.63, 3.8) is 0 Å². The summed E-state index contributed by atoms with van der Waals surface area (Å²) in [5, 5.41) is 12.1. The maximum atomic E-state index is 13.4. The van der Waals surface area contributed by atoms with Crippen molar-refractivity contribution in [1.82, 2.24) is 9.97 Å². The number of carbonyl (C=O) groups excluding carboxylic acids is 2. The third kappa shape index (κ3) is 4.11. The number of aliphatic hydroxyl groups excluding tert-OH is 1. The van der Waals surface area contributed by atoms with Crippen LogP contribution in [-0.4, -0.2) is 26.8 Å². The van der Waals surface area contributed by atoms with Crippen LogP contribution >= 0.6 is 22.9 Å². The second kappa shape index (κ2) is 8.59. The number of benzene rings is 2. The molecule has 3 heterocycles. The van der Waals surface area contributed by atoms with Crippen LogP contribution in [0.3, 0.4) is 0 Å². The van der Waals surface area contributed by atoms with E-state index < -0.39 is 17.7 Å². The molecular weight excluding hydrogens is 482 g/mol. The molecule has 1 fully saturated rings. The van der Waals surface area contributed by atoms with Gasteiger partial charge in [0, 0.05) is 23.0 Å². The Morgan fingerprint density at radius 3 is 2.37 bits per heavy atom. The molecule has 1 saturated heterocycles. The molecule has 1 amide bonds. The van der Waals surface area contributed by atoms with Gasteiger partial charge < -0.3 is 5.11 Å². The second-order valence-electron chi connectivity index (χ2n) is 9.39. The van der Waals surface area contributed by atoms with E-state index in [1.807, 2.05) is 24.3 Å². The number of aromatic nitrogens is 2. The van der Waals surface area contributed by atoms with Gasteiger partial charge in [0.05, 0.1) is 21.8 Å². The van der Waals surface area contributed by atoms with Gasteiger partial charge in [-0.3, -0.25) is 19.5 Å². The molecule has 1 atom stereocenters. The second-order valence-corrected chi connectivity index (χ2v) is 10.8. The van der Waals surface area contributed by atoms with Gasteiger partial charge in [-0.15, -0.1) is 0 Å². The zero-order chi connectivity index (χ0) is 24.9. The first-order valence-electron chi connectivity index (χ1n) is 11.0. The molecule has 35 heavy (non-hydrogen) atoms. The topological polar surface area (TPSA) is 83.4 Å². The minimum Gasteiger partial charge on any atom is -0.507 e. The lowest BCUT2D eigenvalue weighted by molar-refractivity contribution is -0.132. The predicted molar refractivity (Wildman–Crippen MR) is 139 cm³/mol. The molecule has 0 bridgehead atoms. The number of ketones is 1. The van der Waals surface area contributed by atoms with Gasteiger partial charge in [0.15, 0.2) is 5.13 Å². The van der Waals surface area contributed by atoms with Gasteiger partial charge in [0.25, 0.3) is 5.78 Å². The number of rotatable bonds is 3. The fraction of sp³-hybridized carbons (Fsp3) is 0.185. The Balaban J connectivity index is 1.72. The van der Waals surface area contributed by atoms with E-state index in [9.17, 15) is 14.7 Å². The number of hydrogen-bond donors (Lipinski definition) is 1. The number of hydrogen-bond acceptors (Lipinski definition) is 6. The molecule has 1 N–H and O–H groups in total. The summed E-state index contributed by atoms with van der Waals surface area (Å²) in [5.41, 5.74) is 2.84. The van der Waals surface area contributed by atoms with Crippen molar-refractivity contribution in [2.24, 2.45) is 0 Å². The first-order chi connectivity index (χ1) is 16.6. The van der Waals surface area contributed by atoms with Crippen LogP contribution < -0.4 is 4.90 Å². The maximum Gasteiger partial charge on any atom is 0.301 e. The fourth-order valence-corrected chi connectivity index (χ4v) is 5.43. The molecule has 4 aromatic rings. The number of thiazole rings is 1. The minimum atomic E-state index is -0.840. The zero-order valence-corrected chi connectivity index (χ0v) is 20.9. The molecule has 1 aliphatic heterocycles. The lowest BCUT2D eigenvalue weighted by atomic mass is 9.85. The average Bonchev–Trinajstić information content (AvgIpc) is 3.36. The van der Waals surface area contributed by atoms with E-state index in [-0.39, 0.29) is 16.7 Å². The summed E-state index contributed by atoms with van der Waals surface area (Å²) >= 11 is 7.42. The Morgan fingerprint density at radius 1 is 1.03 bits per heavy atom. The lowest BCUT2D eigenvalue weighted by Crippen LogP contribution is -2.29. The first kappa shape index (κ1) is 23.2. The van der Waals surface area contributed by atoms with Crippen molar-refractivity contribution < 1.29 is 14.7 Å². The first-order valence-corrected chi connectivity index (χ1v) is 12.2. The van der Waals surface area contributed by atoms with E-state index in [2.05, 4.69) is 30.7 Å². The number of aliphatic hydroxyl groups is 1. The van der Waals surface area contributed by atoms with Crippen molar-refractivity contribution in [1.29, 1.82) is 0 Å². The SMILES string of the molecule is CC(C)(C)c1ccc(C2C(=C(O)c3ccncc3)C(=O)C(=O)N2c2nc3ccc(Cl)cc3s2)cc1. The standard InChI is InChI=1S/C27H22ClN3O3S/c1-27(2,3)17-6-4-15(5-7-17)22-21(23(32)16-10-12-29-13-11-16)24(33)25(34)31(22)26-30-19-9-8-18(28)14-20(19)35-26/h4-14,22,32H,1-3H3. The van der Waals surface area contributed by atoms with Gasteiger partial charge in [0.2, 0.25) is 0 Å². The Kier molecular flexibility index (Phi) is 5.69. The molecular formula is C27H22ClN3O3S. The maximum absolute atomic E-state index is 13.4. The van der Waals surface area contributed by atoms with Crippen molar-refractivity contribution in [3.8, 4) is 0 Å². The van der Waals surface area contributed by atoms with Crippen LogP contribution in [0.15, 0.2) is 72.6 Å². The molecule has 2 aromatic carbocycles. The van der Waals surface area contributed by atoms with Crippen molar-refractivity contribution in [2.45, 2.75) is 32.2 Å². The lowest BCUT2D eigenvalue weighted by Gasteiger charge is -2.24. The number of Topliss-reactive ketones (excluding diaryl/α,β-unsaturated/α-hetero) is 1. The van der Waals surface area contributed by atoms with Gasteiger partial charge >= 0.3 is 5.91 Å². The Bertz CT molecular complexity index is 1490. The molecule has 1 aliphatic rings. The summed E-state index contributed by atoms with van der Waals surface area (Å²) in [6.45, 7) is 6.34. The third-order valence-electron chi connectivity index (χ3n) is 6.04. The van der Waals surface area contributed by atoms with Gasteiger partial charge in [-0.1, -0.05) is 68.0 Å². The molecule has 0 aliphatic carbocycles. The largest absolute Gasteiger partial charge is 0.507 e. The summed E-state index contributed by atoms with van der Waals surface area (Å²) in [5.74, 6) is -1.75. The van der Waals surface area contributed by atoms with Gasteiger partial charge in [0.1, 0.15) is 5.76 Å². The van der Waals surface area contributed by atoms with Gasteiger partial charge in [-0.2, -0.15) is 0 Å². The fourth-order valence-electron chi connectivity index (χ4n) is 4.17. The van der Waals surface area contributed by atoms with Gasteiger partial charge in [-0.05, 0) is 46.9 Å². The van der Waals surface area contributed by atoms with E-state index in [0.717, 1.165) is 10.3 Å². The van der Waals surface area contributed by atoms with Crippen LogP contribution in [0.25, 0.3) is 16.0 Å². The number of carbonyl (C=O) groups is 2. The number of fused-ring (bicyclic) bond motifs is 1. The highest BCUT2D eigenvalue weighted by Crippen LogP contribution is 2.44. The Morgan fingerprint density at radius 2 is 1.71 bits per heavy atom. The number of nitrogens with zero attached hydrogens (tertiary/aromatic N) is 3. The van der Waals surface area contributed by atoms with E-state index >= 15 is 0 Å². The highest BCUT2D eigenvalue weighted by Gasteiger charge is 2.48. The summed E-state index contributed by atoms with van der Waals surface area (Å²) in [7, 11) is 0. The Hall–Kier alpha value is -3.55. The molecule has 0 spiro atoms. The molecule has 2 aromatic heterocycles. The third-order valence-corrected chi connectivity index (χ3v) is 7.29. The van der Waals surface area contributed by atoms with Crippen LogP contribution in [0.2, 0.25) is 5.02 Å². The van der Waals surface area contributed by atoms with Crippen LogP contribution in [0.4, 0.5) is 5.13 Å². The highest BCUT2D eigenvalue weighted by atomic mass is 35.5. The zero-order valence-electron chi connectivity index (χ0n) is 19.3.